The molecule has 1 aliphatic heterocycles. The molecule has 0 aliphatic carbocycles. The van der Waals surface area contributed by atoms with Crippen molar-refractivity contribution < 1.29 is 13.2 Å². The highest BCUT2D eigenvalue weighted by Crippen LogP contribution is 2.35. The average Bonchev–Trinajstić information content (AvgIpc) is 2.36. The van der Waals surface area contributed by atoms with E-state index in [1.807, 2.05) is 0 Å². The number of benzene rings is 1. The van der Waals surface area contributed by atoms with Crippen molar-refractivity contribution in [3.8, 4) is 0 Å². The molecule has 0 saturated heterocycles. The maximum absolute atomic E-state index is 12.0. The molecule has 0 spiro atoms. The van der Waals surface area contributed by atoms with Gasteiger partial charge in [0, 0.05) is 5.56 Å². The van der Waals surface area contributed by atoms with E-state index < -0.39 is 9.84 Å². The number of sulfone groups is 1. The molecule has 3 nitrogen and oxygen atoms in total. The third-order valence-electron chi connectivity index (χ3n) is 2.35. The Hall–Kier alpha value is -1.42. The van der Waals surface area contributed by atoms with Crippen LogP contribution in [-0.4, -0.2) is 14.2 Å². The van der Waals surface area contributed by atoms with Gasteiger partial charge in [-0.3, -0.25) is 4.79 Å². The van der Waals surface area contributed by atoms with Crippen LogP contribution in [0.15, 0.2) is 39.6 Å². The number of hydrogen-bond donors (Lipinski definition) is 0. The number of fused-ring (bicyclic) bond motifs is 1. The summed E-state index contributed by atoms with van der Waals surface area (Å²) in [5.41, 5.74) is 0.824. The molecule has 0 aromatic heterocycles. The predicted octanol–water partition coefficient (Wildman–Crippen LogP) is 1.95. The zero-order chi connectivity index (χ0) is 11.2. The minimum absolute atomic E-state index is 0.0660. The van der Waals surface area contributed by atoms with Gasteiger partial charge in [-0.05, 0) is 26.0 Å². The molecule has 4 heteroatoms. The molecule has 0 atom stereocenters. The fourth-order valence-corrected chi connectivity index (χ4v) is 3.56. The summed E-state index contributed by atoms with van der Waals surface area (Å²) < 4.78 is 23.9. The van der Waals surface area contributed by atoms with Crippen LogP contribution in [0.25, 0.3) is 0 Å². The maximum atomic E-state index is 12.0. The largest absolute Gasteiger partial charge is 0.288 e. The summed E-state index contributed by atoms with van der Waals surface area (Å²) in [5.74, 6) is -0.384. The van der Waals surface area contributed by atoms with E-state index >= 15 is 0 Å². The van der Waals surface area contributed by atoms with E-state index in [0.717, 1.165) is 0 Å². The highest BCUT2D eigenvalue weighted by Gasteiger charge is 2.39. The Bertz CT molecular complexity index is 576. The van der Waals surface area contributed by atoms with Crippen molar-refractivity contribution in [1.29, 1.82) is 0 Å². The van der Waals surface area contributed by atoms with Crippen LogP contribution < -0.4 is 0 Å². The Morgan fingerprint density at radius 1 is 1.13 bits per heavy atom. The summed E-state index contributed by atoms with van der Waals surface area (Å²) >= 11 is 0. The second-order valence-electron chi connectivity index (χ2n) is 3.66. The molecule has 0 fully saturated rings. The van der Waals surface area contributed by atoms with Gasteiger partial charge in [0.25, 0.3) is 0 Å². The zero-order valence-corrected chi connectivity index (χ0v) is 9.26. The Labute approximate surface area is 88.3 Å². The lowest BCUT2D eigenvalue weighted by Crippen LogP contribution is -2.04. The van der Waals surface area contributed by atoms with Crippen LogP contribution >= 0.6 is 0 Å². The second-order valence-corrected chi connectivity index (χ2v) is 5.51. The van der Waals surface area contributed by atoms with Crippen molar-refractivity contribution in [2.45, 2.75) is 18.7 Å². The number of carbonyl (C=O) groups excluding carboxylic acids is 1. The fourth-order valence-electron chi connectivity index (χ4n) is 1.74. The van der Waals surface area contributed by atoms with Crippen molar-refractivity contribution in [3.05, 3.63) is 40.3 Å². The first-order valence-electron chi connectivity index (χ1n) is 4.52. The van der Waals surface area contributed by atoms with E-state index in [4.69, 9.17) is 0 Å². The third-order valence-corrected chi connectivity index (χ3v) is 4.42. The SMILES string of the molecule is CC(C)=C1C(=O)c2ccccc2S1(=O)=O. The fraction of sp³-hybridized carbons (Fsp3) is 0.182. The summed E-state index contributed by atoms with van der Waals surface area (Å²) in [4.78, 5) is 11.9. The predicted molar refractivity (Wildman–Crippen MR) is 56.3 cm³/mol. The van der Waals surface area contributed by atoms with Gasteiger partial charge in [-0.25, -0.2) is 8.42 Å². The third kappa shape index (κ3) is 1.25. The molecule has 15 heavy (non-hydrogen) atoms. The molecule has 0 amide bonds. The number of allylic oxidation sites excluding steroid dienone is 2. The summed E-state index contributed by atoms with van der Waals surface area (Å²) in [7, 11) is -3.56. The van der Waals surface area contributed by atoms with E-state index in [-0.39, 0.29) is 21.1 Å². The van der Waals surface area contributed by atoms with Crippen molar-refractivity contribution in [2.24, 2.45) is 0 Å². The van der Waals surface area contributed by atoms with Crippen molar-refractivity contribution in [1.82, 2.24) is 0 Å². The van der Waals surface area contributed by atoms with E-state index in [1.165, 1.54) is 6.07 Å². The van der Waals surface area contributed by atoms with Gasteiger partial charge in [0.2, 0.25) is 15.6 Å². The van der Waals surface area contributed by atoms with Crippen molar-refractivity contribution in [3.63, 3.8) is 0 Å². The molecule has 2 rings (SSSR count). The molecule has 78 valence electrons. The number of ketones is 1. The smallest absolute Gasteiger partial charge is 0.211 e. The first-order valence-corrected chi connectivity index (χ1v) is 6.01. The summed E-state index contributed by atoms with van der Waals surface area (Å²) in [6.45, 7) is 3.27. The van der Waals surface area contributed by atoms with Gasteiger partial charge in [0.05, 0.1) is 4.90 Å². The number of Topliss-reactive ketones (excluding diaryl/α,β-unsaturated/α-hetero) is 1. The molecule has 0 radical (unpaired) electrons. The monoisotopic (exact) mass is 222 g/mol. The second kappa shape index (κ2) is 3.03. The molecule has 0 saturated carbocycles. The first-order chi connectivity index (χ1) is 6.96. The molecule has 0 unspecified atom stereocenters. The molecule has 1 heterocycles. The molecule has 1 aliphatic rings. The van der Waals surface area contributed by atoms with Crippen LogP contribution in [0.5, 0.6) is 0 Å². The van der Waals surface area contributed by atoms with E-state index in [9.17, 15) is 13.2 Å². The average molecular weight is 222 g/mol. The minimum Gasteiger partial charge on any atom is -0.288 e. The van der Waals surface area contributed by atoms with Crippen LogP contribution in [0.1, 0.15) is 24.2 Å². The molecular weight excluding hydrogens is 212 g/mol. The number of rotatable bonds is 0. The summed E-state index contributed by atoms with van der Waals surface area (Å²) in [5, 5.41) is 0. The Morgan fingerprint density at radius 2 is 1.73 bits per heavy atom. The quantitative estimate of drug-likeness (QED) is 0.630. The van der Waals surface area contributed by atoms with Gasteiger partial charge >= 0.3 is 0 Å². The van der Waals surface area contributed by atoms with Crippen LogP contribution in [-0.2, 0) is 9.84 Å². The molecule has 1 aromatic rings. The minimum atomic E-state index is -3.56. The van der Waals surface area contributed by atoms with E-state index in [0.29, 0.717) is 5.57 Å². The van der Waals surface area contributed by atoms with Gasteiger partial charge in [0.1, 0.15) is 4.91 Å². The Balaban J connectivity index is 2.90. The molecule has 0 bridgehead atoms. The Morgan fingerprint density at radius 3 is 2.27 bits per heavy atom. The highest BCUT2D eigenvalue weighted by atomic mass is 32.2. The topological polar surface area (TPSA) is 51.2 Å². The Kier molecular flexibility index (Phi) is 2.04. The lowest BCUT2D eigenvalue weighted by Gasteiger charge is -1.98. The summed E-state index contributed by atoms with van der Waals surface area (Å²) in [6.07, 6.45) is 0. The van der Waals surface area contributed by atoms with Gasteiger partial charge in [-0.2, -0.15) is 0 Å². The normalized spacial score (nSPS) is 17.7. The highest BCUT2D eigenvalue weighted by molar-refractivity contribution is 7.97. The van der Waals surface area contributed by atoms with E-state index in [2.05, 4.69) is 0 Å². The number of hydrogen-bond acceptors (Lipinski definition) is 3. The molecular formula is C11H10O3S. The zero-order valence-electron chi connectivity index (χ0n) is 8.44. The van der Waals surface area contributed by atoms with Gasteiger partial charge < -0.3 is 0 Å². The van der Waals surface area contributed by atoms with Crippen LogP contribution in [0.3, 0.4) is 0 Å². The van der Waals surface area contributed by atoms with Gasteiger partial charge in [0.15, 0.2) is 0 Å². The first kappa shape index (κ1) is 10.1. The maximum Gasteiger partial charge on any atom is 0.211 e. The molecule has 0 N–H and O–H groups in total. The van der Waals surface area contributed by atoms with Gasteiger partial charge in [-0.1, -0.05) is 17.7 Å². The lowest BCUT2D eigenvalue weighted by atomic mass is 10.1. The number of carbonyl (C=O) groups is 1. The van der Waals surface area contributed by atoms with E-state index in [1.54, 1.807) is 32.0 Å². The lowest BCUT2D eigenvalue weighted by molar-refractivity contribution is 0.104. The van der Waals surface area contributed by atoms with Crippen LogP contribution in [0.4, 0.5) is 0 Å². The van der Waals surface area contributed by atoms with Gasteiger partial charge in [-0.15, -0.1) is 0 Å². The standard InChI is InChI=1S/C11H10O3S/c1-7(2)11-10(12)8-5-3-4-6-9(8)15(11,13)14/h3-6H,1-2H3. The van der Waals surface area contributed by atoms with Crippen molar-refractivity contribution in [2.75, 3.05) is 0 Å². The summed E-state index contributed by atoms with van der Waals surface area (Å²) in [6, 6.07) is 6.31. The van der Waals surface area contributed by atoms with Crippen LogP contribution in [0, 0.1) is 0 Å². The van der Waals surface area contributed by atoms with Crippen molar-refractivity contribution >= 4 is 15.6 Å². The molecule has 1 aromatic carbocycles. The van der Waals surface area contributed by atoms with Crippen LogP contribution in [0.2, 0.25) is 0 Å².